The van der Waals surface area contributed by atoms with Crippen LogP contribution in [0.15, 0.2) is 35.3 Å². The third kappa shape index (κ3) is 3.88. The van der Waals surface area contributed by atoms with Crippen molar-refractivity contribution in [2.75, 3.05) is 26.2 Å². The van der Waals surface area contributed by atoms with Gasteiger partial charge in [-0.1, -0.05) is 32.0 Å². The average Bonchev–Trinajstić information content (AvgIpc) is 3.34. The van der Waals surface area contributed by atoms with E-state index in [2.05, 4.69) is 24.1 Å². The molecule has 2 aromatic heterocycles. The molecule has 0 bridgehead atoms. The molecule has 3 heterocycles. The van der Waals surface area contributed by atoms with Crippen LogP contribution in [0, 0.1) is 5.92 Å². The van der Waals surface area contributed by atoms with Gasteiger partial charge in [0.1, 0.15) is 5.52 Å². The number of benzene rings is 1. The molecule has 1 fully saturated rings. The molecule has 0 aliphatic carbocycles. The maximum atomic E-state index is 13.2. The number of nitrogens with zero attached hydrogens (tertiary/aromatic N) is 3. The molecule has 0 saturated carbocycles. The van der Waals surface area contributed by atoms with E-state index in [0.29, 0.717) is 30.1 Å². The highest BCUT2D eigenvalue weighted by molar-refractivity contribution is 6.17. The summed E-state index contributed by atoms with van der Waals surface area (Å²) in [7, 11) is 1.91. The minimum absolute atomic E-state index is 0.0389. The van der Waals surface area contributed by atoms with Crippen LogP contribution in [0.3, 0.4) is 0 Å². The molecule has 1 aliphatic heterocycles. The molecular weight excluding hydrogens is 376 g/mol. The molecule has 160 valence electrons. The van der Waals surface area contributed by atoms with Gasteiger partial charge in [-0.15, -0.1) is 0 Å². The van der Waals surface area contributed by atoms with E-state index in [0.717, 1.165) is 29.3 Å². The molecule has 0 atom stereocenters. The average molecular weight is 409 g/mol. The van der Waals surface area contributed by atoms with Gasteiger partial charge in [-0.05, 0) is 50.9 Å². The lowest BCUT2D eigenvalue weighted by molar-refractivity contribution is 0.0953. The highest BCUT2D eigenvalue weighted by atomic mass is 16.2. The Kier molecular flexibility index (Phi) is 5.95. The summed E-state index contributed by atoms with van der Waals surface area (Å²) in [5, 5.41) is 4.81. The summed E-state index contributed by atoms with van der Waals surface area (Å²) in [6.07, 6.45) is 5.26. The van der Waals surface area contributed by atoms with Gasteiger partial charge in [-0.25, -0.2) is 0 Å². The van der Waals surface area contributed by atoms with Gasteiger partial charge >= 0.3 is 0 Å². The lowest BCUT2D eigenvalue weighted by Gasteiger charge is -2.15. The van der Waals surface area contributed by atoms with E-state index in [1.807, 2.05) is 35.9 Å². The molecule has 1 N–H and O–H groups in total. The minimum atomic E-state index is -0.102. The van der Waals surface area contributed by atoms with Crippen molar-refractivity contribution < 1.29 is 4.79 Å². The van der Waals surface area contributed by atoms with Crippen molar-refractivity contribution in [2.45, 2.75) is 39.7 Å². The van der Waals surface area contributed by atoms with Gasteiger partial charge < -0.3 is 19.4 Å². The maximum Gasteiger partial charge on any atom is 0.275 e. The number of rotatable bonds is 7. The summed E-state index contributed by atoms with van der Waals surface area (Å²) in [5.74, 6) is 0.210. The summed E-state index contributed by atoms with van der Waals surface area (Å²) < 4.78 is 3.62. The summed E-state index contributed by atoms with van der Waals surface area (Å²) in [4.78, 5) is 28.9. The Hall–Kier alpha value is -2.60. The van der Waals surface area contributed by atoms with Crippen LogP contribution in [0.2, 0.25) is 0 Å². The molecule has 0 radical (unpaired) electrons. The Morgan fingerprint density at radius 1 is 1.17 bits per heavy atom. The topological polar surface area (TPSA) is 59.3 Å². The minimum Gasteiger partial charge on any atom is -0.352 e. The highest BCUT2D eigenvalue weighted by Gasteiger charge is 2.21. The zero-order valence-electron chi connectivity index (χ0n) is 18.3. The van der Waals surface area contributed by atoms with Gasteiger partial charge in [0.25, 0.3) is 11.5 Å². The van der Waals surface area contributed by atoms with E-state index < -0.39 is 0 Å². The first-order valence-corrected chi connectivity index (χ1v) is 11.1. The zero-order chi connectivity index (χ0) is 21.3. The van der Waals surface area contributed by atoms with E-state index in [-0.39, 0.29) is 11.5 Å². The normalized spacial score (nSPS) is 14.9. The number of hydrogen-bond acceptors (Lipinski definition) is 3. The van der Waals surface area contributed by atoms with Crippen LogP contribution < -0.4 is 10.9 Å². The van der Waals surface area contributed by atoms with Crippen molar-refractivity contribution >= 4 is 27.7 Å². The van der Waals surface area contributed by atoms with E-state index >= 15 is 0 Å². The molecule has 4 rings (SSSR count). The van der Waals surface area contributed by atoms with Gasteiger partial charge in [-0.2, -0.15) is 0 Å². The molecule has 30 heavy (non-hydrogen) atoms. The van der Waals surface area contributed by atoms with Gasteiger partial charge in [0.15, 0.2) is 0 Å². The second-order valence-electron chi connectivity index (χ2n) is 8.85. The van der Waals surface area contributed by atoms with Gasteiger partial charge in [0.05, 0.1) is 5.56 Å². The zero-order valence-corrected chi connectivity index (χ0v) is 18.3. The van der Waals surface area contributed by atoms with Gasteiger partial charge in [-0.3, -0.25) is 9.59 Å². The van der Waals surface area contributed by atoms with Crippen molar-refractivity contribution in [1.82, 2.24) is 19.4 Å². The second kappa shape index (κ2) is 8.64. The fraction of sp³-hybridized carbons (Fsp3) is 0.500. The van der Waals surface area contributed by atoms with Crippen molar-refractivity contribution in [2.24, 2.45) is 13.0 Å². The SMILES string of the molecule is CC(C)Cn1cc(C(=O)NCCCN2CCCC2)c2c3ccccc3n(C)c2c1=O. The molecule has 1 aliphatic rings. The number of carbonyl (C=O) groups is 1. The Morgan fingerprint density at radius 3 is 2.63 bits per heavy atom. The number of aromatic nitrogens is 2. The fourth-order valence-corrected chi connectivity index (χ4v) is 4.64. The highest BCUT2D eigenvalue weighted by Crippen LogP contribution is 2.29. The van der Waals surface area contributed by atoms with Gasteiger partial charge in [0, 0.05) is 42.6 Å². The summed E-state index contributed by atoms with van der Waals surface area (Å²) in [5.41, 5.74) is 2.11. The summed E-state index contributed by atoms with van der Waals surface area (Å²) in [6, 6.07) is 7.92. The molecule has 1 amide bonds. The van der Waals surface area contributed by atoms with Crippen LogP contribution in [-0.4, -0.2) is 46.1 Å². The second-order valence-corrected chi connectivity index (χ2v) is 8.85. The molecule has 1 aromatic carbocycles. The maximum absolute atomic E-state index is 13.2. The number of hydrogen-bond donors (Lipinski definition) is 1. The predicted molar refractivity (Wildman–Crippen MR) is 122 cm³/mol. The molecular formula is C24H32N4O2. The first-order valence-electron chi connectivity index (χ1n) is 11.1. The number of para-hydroxylation sites is 1. The van der Waals surface area contributed by atoms with Crippen molar-refractivity contribution in [3.63, 3.8) is 0 Å². The quantitative estimate of drug-likeness (QED) is 0.610. The van der Waals surface area contributed by atoms with Gasteiger partial charge in [0.2, 0.25) is 0 Å². The largest absolute Gasteiger partial charge is 0.352 e. The molecule has 0 unspecified atom stereocenters. The van der Waals surface area contributed by atoms with E-state index in [1.54, 1.807) is 10.8 Å². The monoisotopic (exact) mass is 408 g/mol. The first-order chi connectivity index (χ1) is 14.5. The van der Waals surface area contributed by atoms with Crippen LogP contribution in [0.5, 0.6) is 0 Å². The Labute approximate surface area is 177 Å². The van der Waals surface area contributed by atoms with Crippen LogP contribution in [0.4, 0.5) is 0 Å². The van der Waals surface area contributed by atoms with Crippen LogP contribution >= 0.6 is 0 Å². The van der Waals surface area contributed by atoms with Crippen molar-refractivity contribution in [3.8, 4) is 0 Å². The third-order valence-electron chi connectivity index (χ3n) is 6.07. The number of amides is 1. The molecule has 0 spiro atoms. The molecule has 1 saturated heterocycles. The smallest absolute Gasteiger partial charge is 0.275 e. The number of aryl methyl sites for hydroxylation is 1. The first kappa shape index (κ1) is 20.7. The van der Waals surface area contributed by atoms with E-state index in [4.69, 9.17) is 0 Å². The van der Waals surface area contributed by atoms with Crippen molar-refractivity contribution in [3.05, 3.63) is 46.4 Å². The summed E-state index contributed by atoms with van der Waals surface area (Å²) in [6.45, 7) is 8.76. The molecule has 6 nitrogen and oxygen atoms in total. The number of pyridine rings is 1. The number of fused-ring (bicyclic) bond motifs is 3. The van der Waals surface area contributed by atoms with Crippen molar-refractivity contribution in [1.29, 1.82) is 0 Å². The number of carbonyl (C=O) groups excluding carboxylic acids is 1. The number of nitrogens with one attached hydrogen (secondary N) is 1. The summed E-state index contributed by atoms with van der Waals surface area (Å²) >= 11 is 0. The third-order valence-corrected chi connectivity index (χ3v) is 6.07. The number of likely N-dealkylation sites (tertiary alicyclic amines) is 1. The van der Waals surface area contributed by atoms with Crippen LogP contribution in [-0.2, 0) is 13.6 Å². The standard InChI is InChI=1S/C24H32N4O2/c1-17(2)15-28-16-19(23(29)25-11-8-14-27-12-6-7-13-27)21-18-9-4-5-10-20(18)26(3)22(21)24(28)30/h4-5,9-10,16-17H,6-8,11-15H2,1-3H3,(H,25,29). The van der Waals surface area contributed by atoms with Crippen LogP contribution in [0.1, 0.15) is 43.5 Å². The molecule has 6 heteroatoms. The van der Waals surface area contributed by atoms with E-state index in [9.17, 15) is 9.59 Å². The Morgan fingerprint density at radius 2 is 1.90 bits per heavy atom. The molecule has 3 aromatic rings. The fourth-order valence-electron chi connectivity index (χ4n) is 4.64. The van der Waals surface area contributed by atoms with E-state index in [1.165, 1.54) is 25.9 Å². The lowest BCUT2D eigenvalue weighted by atomic mass is 10.1. The lowest BCUT2D eigenvalue weighted by Crippen LogP contribution is -2.31. The Bertz CT molecular complexity index is 1120. The Balaban J connectivity index is 1.69. The predicted octanol–water partition coefficient (Wildman–Crippen LogP) is 3.36. The van der Waals surface area contributed by atoms with Crippen LogP contribution in [0.25, 0.3) is 21.8 Å².